The number of piperidine rings is 1. The topological polar surface area (TPSA) is 176 Å². The van der Waals surface area contributed by atoms with Gasteiger partial charge >= 0.3 is 0 Å². The Balaban J connectivity index is 1.59. The molecule has 1 saturated heterocycles. The molecule has 1 saturated carbocycles. The summed E-state index contributed by atoms with van der Waals surface area (Å²) < 4.78 is 0. The van der Waals surface area contributed by atoms with Gasteiger partial charge in [0.15, 0.2) is 5.84 Å². The molecule has 0 radical (unpaired) electrons. The van der Waals surface area contributed by atoms with Crippen LogP contribution in [0.2, 0.25) is 0 Å². The van der Waals surface area contributed by atoms with E-state index in [2.05, 4.69) is 66.9 Å². The zero-order valence-electron chi connectivity index (χ0n) is 25.4. The van der Waals surface area contributed by atoms with Crippen LogP contribution in [0.15, 0.2) is 58.7 Å². The summed E-state index contributed by atoms with van der Waals surface area (Å²) >= 11 is 0. The molecule has 8 N–H and O–H groups in total. The predicted octanol–water partition coefficient (Wildman–Crippen LogP) is 2.83. The molecule has 10 nitrogen and oxygen atoms in total. The number of primary amides is 1. The lowest BCUT2D eigenvalue weighted by Gasteiger charge is -2.40. The number of amides is 2. The molecular weight excluding hydrogens is 540 g/mol. The Morgan fingerprint density at radius 3 is 2.51 bits per heavy atom. The molecular formula is C33H42N8O2. The molecule has 2 fully saturated rings. The van der Waals surface area contributed by atoms with Crippen LogP contribution in [0.25, 0.3) is 0 Å². The lowest BCUT2D eigenvalue weighted by Crippen LogP contribution is -2.52. The Morgan fingerprint density at radius 1 is 1.16 bits per heavy atom. The second kappa shape index (κ2) is 11.8. The van der Waals surface area contributed by atoms with Gasteiger partial charge in [0.05, 0.1) is 18.0 Å². The van der Waals surface area contributed by atoms with Gasteiger partial charge in [-0.25, -0.2) is 5.84 Å². The van der Waals surface area contributed by atoms with Gasteiger partial charge in [0, 0.05) is 17.6 Å². The number of hydrazone groups is 1. The van der Waals surface area contributed by atoms with Gasteiger partial charge < -0.3 is 27.2 Å². The van der Waals surface area contributed by atoms with E-state index in [-0.39, 0.29) is 30.6 Å². The maximum Gasteiger partial charge on any atom is 0.248 e. The maximum absolute atomic E-state index is 13.7. The highest BCUT2D eigenvalue weighted by molar-refractivity contribution is 5.98. The lowest BCUT2D eigenvalue weighted by atomic mass is 9.66. The predicted molar refractivity (Wildman–Crippen MR) is 166 cm³/mol. The van der Waals surface area contributed by atoms with E-state index in [9.17, 15) is 14.9 Å². The normalized spacial score (nSPS) is 27.1. The zero-order valence-corrected chi connectivity index (χ0v) is 25.4. The Hall–Kier alpha value is -4.20. The number of hydrogen-bond donors (Lipinski definition) is 5. The van der Waals surface area contributed by atoms with Crippen molar-refractivity contribution in [1.82, 2.24) is 15.6 Å². The molecule has 43 heavy (non-hydrogen) atoms. The highest BCUT2D eigenvalue weighted by atomic mass is 16.2. The first-order valence-electron chi connectivity index (χ1n) is 14.9. The minimum atomic E-state index is -0.903. The van der Waals surface area contributed by atoms with Gasteiger partial charge in [0.25, 0.3) is 0 Å². The second-order valence-corrected chi connectivity index (χ2v) is 12.4. The van der Waals surface area contributed by atoms with E-state index < -0.39 is 11.3 Å². The van der Waals surface area contributed by atoms with Gasteiger partial charge in [-0.05, 0) is 87.1 Å². The van der Waals surface area contributed by atoms with Crippen LogP contribution in [0.1, 0.15) is 78.7 Å². The number of rotatable bonds is 8. The van der Waals surface area contributed by atoms with Crippen LogP contribution in [-0.4, -0.2) is 41.2 Å². The van der Waals surface area contributed by atoms with Crippen molar-refractivity contribution in [3.63, 3.8) is 0 Å². The Morgan fingerprint density at radius 2 is 1.88 bits per heavy atom. The van der Waals surface area contributed by atoms with E-state index in [0.717, 1.165) is 46.2 Å². The van der Waals surface area contributed by atoms with E-state index >= 15 is 0 Å². The van der Waals surface area contributed by atoms with Gasteiger partial charge in [0.1, 0.15) is 6.04 Å². The van der Waals surface area contributed by atoms with Gasteiger partial charge in [-0.2, -0.15) is 10.4 Å². The second-order valence-electron chi connectivity index (χ2n) is 12.4. The summed E-state index contributed by atoms with van der Waals surface area (Å²) in [6, 6.07) is 15.5. The number of nitrogens with two attached hydrogens (primary N) is 3. The van der Waals surface area contributed by atoms with Gasteiger partial charge in [-0.15, -0.1) is 0 Å². The van der Waals surface area contributed by atoms with E-state index in [4.69, 9.17) is 17.4 Å². The number of allylic oxidation sites excluding steroid dienone is 1. The fraction of sp³-hybridized carbons (Fsp3) is 0.455. The summed E-state index contributed by atoms with van der Waals surface area (Å²) in [5.74, 6) is 12.8. The maximum atomic E-state index is 13.7. The molecule has 2 aliphatic carbocycles. The molecule has 0 aromatic heterocycles. The molecule has 0 bridgehead atoms. The van der Waals surface area contributed by atoms with Gasteiger partial charge in [-0.3, -0.25) is 9.59 Å². The third-order valence-electron chi connectivity index (χ3n) is 10.2. The fourth-order valence-corrected chi connectivity index (χ4v) is 7.47. The number of nitriles is 1. The number of likely N-dealkylation sites (tertiary alicyclic amines) is 1. The third kappa shape index (κ3) is 5.28. The van der Waals surface area contributed by atoms with Crippen LogP contribution in [0.5, 0.6) is 0 Å². The molecule has 6 atom stereocenters. The number of nitrogens with zero attached hydrogens (tertiary/aromatic N) is 3. The number of carbonyl (C=O) groups excluding carboxylic acids is 2. The molecule has 0 spiro atoms. The highest BCUT2D eigenvalue weighted by Crippen LogP contribution is 2.53. The Kier molecular flexibility index (Phi) is 8.32. The fourth-order valence-electron chi connectivity index (χ4n) is 7.47. The zero-order chi connectivity index (χ0) is 31.1. The molecule has 1 aliphatic heterocycles. The number of fused-ring (bicyclic) bond motifs is 2. The first-order valence-corrected chi connectivity index (χ1v) is 14.9. The van der Waals surface area contributed by atoms with Gasteiger partial charge in [0.2, 0.25) is 11.8 Å². The number of aryl methyl sites for hydroxylation is 2. The SMILES string of the molecule is CC1=C(C)C(C[C@H](NCC(=O)N2C(C#N)CC3C(C)C32)c2ccc(C)cc2)(/C(=N/N)NN)c2ccc(C(N)=O)cc2CC1. The van der Waals surface area contributed by atoms with Crippen LogP contribution < -0.4 is 28.2 Å². The molecule has 1 heterocycles. The summed E-state index contributed by atoms with van der Waals surface area (Å²) in [4.78, 5) is 27.6. The number of benzene rings is 2. The first-order chi connectivity index (χ1) is 20.6. The van der Waals surface area contributed by atoms with E-state index in [1.54, 1.807) is 11.0 Å². The Bertz CT molecular complexity index is 1520. The van der Waals surface area contributed by atoms with Crippen molar-refractivity contribution in [3.8, 4) is 6.07 Å². The molecule has 2 aromatic carbocycles. The summed E-state index contributed by atoms with van der Waals surface area (Å²) in [6.45, 7) is 8.42. The van der Waals surface area contributed by atoms with Crippen LogP contribution in [0.4, 0.5) is 0 Å². The van der Waals surface area contributed by atoms with Gasteiger partial charge in [-0.1, -0.05) is 54.0 Å². The average molecular weight is 583 g/mol. The van der Waals surface area contributed by atoms with Crippen molar-refractivity contribution in [2.24, 2.45) is 34.4 Å². The molecule has 5 rings (SSSR count). The first kappa shape index (κ1) is 30.3. The van der Waals surface area contributed by atoms with Crippen molar-refractivity contribution < 1.29 is 9.59 Å². The van der Waals surface area contributed by atoms with E-state index in [0.29, 0.717) is 36.1 Å². The van der Waals surface area contributed by atoms with Crippen LogP contribution in [0.3, 0.4) is 0 Å². The van der Waals surface area contributed by atoms with E-state index in [1.807, 2.05) is 19.1 Å². The number of hydrazine groups is 1. The lowest BCUT2D eigenvalue weighted by molar-refractivity contribution is -0.131. The largest absolute Gasteiger partial charge is 0.366 e. The highest BCUT2D eigenvalue weighted by Gasteiger charge is 2.60. The number of nitrogens with one attached hydrogen (secondary N) is 2. The van der Waals surface area contributed by atoms with Crippen LogP contribution in [0, 0.1) is 30.1 Å². The quantitative estimate of drug-likeness (QED) is 0.104. The minimum absolute atomic E-state index is 0.0725. The smallest absolute Gasteiger partial charge is 0.248 e. The molecule has 10 heteroatoms. The van der Waals surface area contributed by atoms with E-state index in [1.165, 1.54) is 0 Å². The number of carbonyl (C=O) groups is 2. The van der Waals surface area contributed by atoms with Crippen molar-refractivity contribution in [1.29, 1.82) is 5.26 Å². The molecule has 3 aliphatic rings. The molecule has 226 valence electrons. The third-order valence-corrected chi connectivity index (χ3v) is 10.2. The van der Waals surface area contributed by atoms with Crippen molar-refractivity contribution in [3.05, 3.63) is 81.4 Å². The average Bonchev–Trinajstić information content (AvgIpc) is 3.47. The standard InChI is InChI=1S/C33H42N8O2/c1-18-5-8-22(9-6-18)28(38-17-29(42)41-25(16-34)14-26-20(3)30(26)41)15-33(32(39-36)40-37)21(4)19(2)7-10-23-13-24(31(35)43)11-12-27(23)33/h5-6,8-9,11-13,20,25-26,28,30,38H,7,10,14-15,17,36-37H2,1-4H3,(H2,35,43)(H,39,40)/t20?,25?,26?,28-,30?,33?/m0/s1. The summed E-state index contributed by atoms with van der Waals surface area (Å²) in [5, 5.41) is 17.5. The molecule has 2 aromatic rings. The minimum Gasteiger partial charge on any atom is -0.366 e. The van der Waals surface area contributed by atoms with Crippen molar-refractivity contribution >= 4 is 17.6 Å². The van der Waals surface area contributed by atoms with Crippen LogP contribution >= 0.6 is 0 Å². The molecule has 2 amide bonds. The van der Waals surface area contributed by atoms with Crippen LogP contribution in [-0.2, 0) is 16.6 Å². The Labute approximate surface area is 253 Å². The number of amidine groups is 1. The summed E-state index contributed by atoms with van der Waals surface area (Å²) in [6.07, 6.45) is 2.65. The van der Waals surface area contributed by atoms with Crippen molar-refractivity contribution in [2.45, 2.75) is 76.9 Å². The monoisotopic (exact) mass is 582 g/mol. The summed E-state index contributed by atoms with van der Waals surface area (Å²) in [7, 11) is 0. The van der Waals surface area contributed by atoms with Crippen molar-refractivity contribution in [2.75, 3.05) is 6.54 Å². The number of hydrogen-bond acceptors (Lipinski definition) is 7. The summed E-state index contributed by atoms with van der Waals surface area (Å²) in [5.41, 5.74) is 14.2. The molecule has 5 unspecified atom stereocenters.